The molecule has 4 rings (SSSR count). The molecular weight excluding hydrogens is 521 g/mol. The Morgan fingerprint density at radius 2 is 1.70 bits per heavy atom. The summed E-state index contributed by atoms with van der Waals surface area (Å²) in [5.74, 6) is -0.265. The highest BCUT2D eigenvalue weighted by atomic mass is 35.5. The first kappa shape index (κ1) is 23.9. The first-order valence-electron chi connectivity index (χ1n) is 9.64. The third-order valence-corrected chi connectivity index (χ3v) is 7.70. The van der Waals surface area contributed by atoms with Crippen LogP contribution in [0.15, 0.2) is 58.9 Å². The molecule has 168 valence electrons. The number of hydrogen-bond acceptors (Lipinski definition) is 5. The minimum atomic E-state index is -0.331. The van der Waals surface area contributed by atoms with Crippen molar-refractivity contribution in [1.82, 2.24) is 4.98 Å². The number of benzene rings is 3. The Balaban J connectivity index is 1.39. The van der Waals surface area contributed by atoms with Crippen LogP contribution in [0.25, 0.3) is 10.2 Å². The number of nitrogens with one attached hydrogen (secondary N) is 2. The molecule has 1 aromatic heterocycles. The molecule has 0 unspecified atom stereocenters. The highest BCUT2D eigenvalue weighted by Crippen LogP contribution is 2.32. The number of rotatable bonds is 6. The van der Waals surface area contributed by atoms with Gasteiger partial charge in [0.15, 0.2) is 4.34 Å². The Bertz CT molecular complexity index is 1370. The van der Waals surface area contributed by atoms with Crippen LogP contribution in [-0.4, -0.2) is 22.6 Å². The molecule has 33 heavy (non-hydrogen) atoms. The monoisotopic (exact) mass is 535 g/mol. The summed E-state index contributed by atoms with van der Waals surface area (Å²) in [7, 11) is 0. The highest BCUT2D eigenvalue weighted by Gasteiger charge is 2.13. The molecule has 0 bridgehead atoms. The summed E-state index contributed by atoms with van der Waals surface area (Å²) in [5, 5.41) is 7.02. The molecular formula is C23H16Cl3N3O2S2. The number of anilines is 2. The van der Waals surface area contributed by atoms with Crippen molar-refractivity contribution >= 4 is 91.3 Å². The molecule has 0 aliphatic heterocycles. The van der Waals surface area contributed by atoms with Gasteiger partial charge in [0.05, 0.1) is 26.6 Å². The maximum atomic E-state index is 12.5. The second-order valence-electron chi connectivity index (χ2n) is 7.04. The molecule has 0 aliphatic carbocycles. The van der Waals surface area contributed by atoms with E-state index in [1.54, 1.807) is 24.3 Å². The van der Waals surface area contributed by atoms with E-state index in [0.717, 1.165) is 20.1 Å². The third-order valence-electron chi connectivity index (χ3n) is 4.58. The van der Waals surface area contributed by atoms with E-state index in [2.05, 4.69) is 15.6 Å². The zero-order chi connectivity index (χ0) is 23.5. The first-order valence-corrected chi connectivity index (χ1v) is 12.6. The van der Waals surface area contributed by atoms with Gasteiger partial charge in [0.1, 0.15) is 0 Å². The van der Waals surface area contributed by atoms with Crippen molar-refractivity contribution in [2.24, 2.45) is 0 Å². The number of fused-ring (bicyclic) bond motifs is 1. The van der Waals surface area contributed by atoms with Gasteiger partial charge in [0, 0.05) is 21.4 Å². The lowest BCUT2D eigenvalue weighted by atomic mass is 10.2. The number of carbonyl (C=O) groups is 2. The smallest absolute Gasteiger partial charge is 0.257 e. The second-order valence-corrected chi connectivity index (χ2v) is 10.5. The number of carbonyl (C=O) groups excluding carboxylic acids is 2. The van der Waals surface area contributed by atoms with Crippen LogP contribution in [-0.2, 0) is 4.79 Å². The largest absolute Gasteiger partial charge is 0.325 e. The fourth-order valence-electron chi connectivity index (χ4n) is 2.91. The predicted octanol–water partition coefficient (Wildman–Crippen LogP) is 7.55. The van der Waals surface area contributed by atoms with E-state index in [1.807, 2.05) is 31.2 Å². The number of aryl methyl sites for hydroxylation is 1. The fraction of sp³-hybridized carbons (Fsp3) is 0.0870. The third kappa shape index (κ3) is 5.99. The average molecular weight is 537 g/mol. The maximum Gasteiger partial charge on any atom is 0.257 e. The van der Waals surface area contributed by atoms with E-state index in [9.17, 15) is 9.59 Å². The molecule has 0 fully saturated rings. The Labute approximate surface area is 213 Å². The number of thiazole rings is 1. The summed E-state index contributed by atoms with van der Waals surface area (Å²) in [4.78, 5) is 29.4. The van der Waals surface area contributed by atoms with Gasteiger partial charge in [-0.25, -0.2) is 4.98 Å². The molecule has 3 aromatic carbocycles. The van der Waals surface area contributed by atoms with Crippen LogP contribution in [0.5, 0.6) is 0 Å². The molecule has 0 saturated carbocycles. The van der Waals surface area contributed by atoms with Crippen LogP contribution < -0.4 is 10.6 Å². The number of amides is 2. The number of aromatic nitrogens is 1. The quantitative estimate of drug-likeness (QED) is 0.250. The molecule has 10 heteroatoms. The molecule has 0 aliphatic rings. The van der Waals surface area contributed by atoms with Crippen LogP contribution in [0.1, 0.15) is 15.9 Å². The van der Waals surface area contributed by atoms with Crippen molar-refractivity contribution in [1.29, 1.82) is 0 Å². The Morgan fingerprint density at radius 1 is 0.939 bits per heavy atom. The maximum absolute atomic E-state index is 12.5. The summed E-state index contributed by atoms with van der Waals surface area (Å²) in [5.41, 5.74) is 3.35. The van der Waals surface area contributed by atoms with Gasteiger partial charge in [-0.2, -0.15) is 0 Å². The number of nitrogens with zero attached hydrogens (tertiary/aromatic N) is 1. The summed E-state index contributed by atoms with van der Waals surface area (Å²) in [6.07, 6.45) is 0. The van der Waals surface area contributed by atoms with E-state index < -0.39 is 0 Å². The SMILES string of the molecule is Cc1ccc(NC(=O)CSc2nc3ccc(NC(=O)c4ccc(Cl)cc4Cl)cc3s2)cc1Cl. The lowest BCUT2D eigenvalue weighted by Gasteiger charge is -2.07. The van der Waals surface area contributed by atoms with Gasteiger partial charge in [0.25, 0.3) is 5.91 Å². The van der Waals surface area contributed by atoms with E-state index in [-0.39, 0.29) is 22.6 Å². The zero-order valence-corrected chi connectivity index (χ0v) is 21.0. The van der Waals surface area contributed by atoms with Crippen LogP contribution in [0.4, 0.5) is 11.4 Å². The molecule has 0 saturated heterocycles. The fourth-order valence-corrected chi connectivity index (χ4v) is 5.49. The molecule has 1 heterocycles. The second kappa shape index (κ2) is 10.3. The lowest BCUT2D eigenvalue weighted by Crippen LogP contribution is -2.13. The normalized spacial score (nSPS) is 10.9. The topological polar surface area (TPSA) is 71.1 Å². The minimum Gasteiger partial charge on any atom is -0.325 e. The van der Waals surface area contributed by atoms with E-state index in [0.29, 0.717) is 27.0 Å². The Hall–Kier alpha value is -2.29. The van der Waals surface area contributed by atoms with Crippen molar-refractivity contribution in [3.63, 3.8) is 0 Å². The molecule has 0 spiro atoms. The van der Waals surface area contributed by atoms with Gasteiger partial charge in [-0.05, 0) is 61.0 Å². The van der Waals surface area contributed by atoms with Crippen molar-refractivity contribution in [3.8, 4) is 0 Å². The van der Waals surface area contributed by atoms with Gasteiger partial charge < -0.3 is 10.6 Å². The van der Waals surface area contributed by atoms with E-state index in [1.165, 1.54) is 29.2 Å². The Morgan fingerprint density at radius 3 is 2.45 bits per heavy atom. The summed E-state index contributed by atoms with van der Waals surface area (Å²) in [6, 6.07) is 15.5. The van der Waals surface area contributed by atoms with Crippen molar-refractivity contribution in [3.05, 3.63) is 80.8 Å². The number of thioether (sulfide) groups is 1. The minimum absolute atomic E-state index is 0.146. The van der Waals surface area contributed by atoms with E-state index >= 15 is 0 Å². The van der Waals surface area contributed by atoms with Gasteiger partial charge >= 0.3 is 0 Å². The predicted molar refractivity (Wildman–Crippen MR) is 140 cm³/mol. The van der Waals surface area contributed by atoms with Crippen molar-refractivity contribution < 1.29 is 9.59 Å². The van der Waals surface area contributed by atoms with Gasteiger partial charge in [-0.3, -0.25) is 9.59 Å². The molecule has 2 N–H and O–H groups in total. The molecule has 2 amide bonds. The highest BCUT2D eigenvalue weighted by molar-refractivity contribution is 8.01. The van der Waals surface area contributed by atoms with Crippen LogP contribution in [0.3, 0.4) is 0 Å². The zero-order valence-electron chi connectivity index (χ0n) is 17.1. The summed E-state index contributed by atoms with van der Waals surface area (Å²) < 4.78 is 1.65. The molecule has 5 nitrogen and oxygen atoms in total. The molecule has 4 aromatic rings. The number of halogens is 3. The lowest BCUT2D eigenvalue weighted by molar-refractivity contribution is -0.113. The molecule has 0 radical (unpaired) electrons. The van der Waals surface area contributed by atoms with Crippen molar-refractivity contribution in [2.75, 3.05) is 16.4 Å². The van der Waals surface area contributed by atoms with Crippen LogP contribution in [0.2, 0.25) is 15.1 Å². The van der Waals surface area contributed by atoms with Crippen LogP contribution in [0, 0.1) is 6.92 Å². The average Bonchev–Trinajstić information content (AvgIpc) is 3.17. The summed E-state index contributed by atoms with van der Waals surface area (Å²) >= 11 is 20.9. The van der Waals surface area contributed by atoms with Gasteiger partial charge in [-0.1, -0.05) is 52.6 Å². The van der Waals surface area contributed by atoms with Crippen molar-refractivity contribution in [2.45, 2.75) is 11.3 Å². The Kier molecular flexibility index (Phi) is 7.46. The standard InChI is InChI=1S/C23H16Cl3N3O2S2/c1-12-2-4-14(9-17(12)25)27-21(30)11-32-23-29-19-7-5-15(10-20(19)33-23)28-22(31)16-6-3-13(24)8-18(16)26/h2-10H,11H2,1H3,(H,27,30)(H,28,31). The van der Waals surface area contributed by atoms with Gasteiger partial charge in [0.2, 0.25) is 5.91 Å². The van der Waals surface area contributed by atoms with E-state index in [4.69, 9.17) is 34.8 Å². The number of hydrogen-bond donors (Lipinski definition) is 2. The van der Waals surface area contributed by atoms with Gasteiger partial charge in [-0.15, -0.1) is 11.3 Å². The molecule has 0 atom stereocenters. The first-order chi connectivity index (χ1) is 15.8. The van der Waals surface area contributed by atoms with Crippen LogP contribution >= 0.6 is 57.9 Å². The summed E-state index contributed by atoms with van der Waals surface area (Å²) in [6.45, 7) is 1.90.